The molecule has 27 heavy (non-hydrogen) atoms. The first-order chi connectivity index (χ1) is 12.6. The number of hydrogen-bond donors (Lipinski definition) is 3. The van der Waals surface area contributed by atoms with Gasteiger partial charge >= 0.3 is 15.6 Å². The fraction of sp³-hybridized carbons (Fsp3) is 1.00. The van der Waals surface area contributed by atoms with Gasteiger partial charge in [-0.15, -0.1) is 0 Å². The smallest absolute Gasteiger partial charge is 0.388 e. The molecule has 2 heterocycles. The zero-order valence-corrected chi connectivity index (χ0v) is 17.0. The highest BCUT2D eigenvalue weighted by Gasteiger charge is 2.44. The van der Waals surface area contributed by atoms with Crippen LogP contribution in [0.5, 0.6) is 0 Å². The van der Waals surface area contributed by atoms with Crippen molar-refractivity contribution in [2.45, 2.75) is 37.4 Å². The van der Waals surface area contributed by atoms with Crippen molar-refractivity contribution in [2.24, 2.45) is 5.92 Å². The Labute approximate surface area is 156 Å². The minimum atomic E-state index is -4.57. The van der Waals surface area contributed by atoms with Crippen molar-refractivity contribution in [2.75, 3.05) is 40.6 Å². The third-order valence-electron chi connectivity index (χ3n) is 4.47. The summed E-state index contributed by atoms with van der Waals surface area (Å²) in [5, 5.41) is 9.90. The molecule has 0 bridgehead atoms. The van der Waals surface area contributed by atoms with Gasteiger partial charge < -0.3 is 29.1 Å². The van der Waals surface area contributed by atoms with E-state index >= 15 is 0 Å². The Hall–Kier alpha value is 0.0600. The third-order valence-corrected chi connectivity index (χ3v) is 6.39. The van der Waals surface area contributed by atoms with Gasteiger partial charge in [0.15, 0.2) is 0 Å². The van der Waals surface area contributed by atoms with Crippen molar-refractivity contribution in [3.05, 3.63) is 0 Å². The predicted molar refractivity (Wildman–Crippen MR) is 88.9 cm³/mol. The quantitative estimate of drug-likeness (QED) is 0.396. The van der Waals surface area contributed by atoms with Crippen molar-refractivity contribution in [3.8, 4) is 0 Å². The van der Waals surface area contributed by atoms with Gasteiger partial charge in [-0.2, -0.15) is 0 Å². The summed E-state index contributed by atoms with van der Waals surface area (Å²) in [6.45, 7) is 1.29. The molecule has 0 aromatic heterocycles. The molecule has 0 aromatic rings. The molecule has 0 amide bonds. The lowest BCUT2D eigenvalue weighted by atomic mass is 10.0. The zero-order valence-electron chi connectivity index (χ0n) is 15.2. The Balaban J connectivity index is 1.88. The molecule has 2 aliphatic rings. The molecule has 0 aliphatic carbocycles. The van der Waals surface area contributed by atoms with E-state index in [1.54, 1.807) is 7.11 Å². The minimum Gasteiger partial charge on any atom is -0.388 e. The van der Waals surface area contributed by atoms with E-state index in [-0.39, 0.29) is 25.2 Å². The lowest BCUT2D eigenvalue weighted by Crippen LogP contribution is -2.35. The second kappa shape index (κ2) is 9.71. The Kier molecular flexibility index (Phi) is 8.39. The van der Waals surface area contributed by atoms with E-state index in [1.165, 1.54) is 0 Å². The summed E-state index contributed by atoms with van der Waals surface area (Å²) in [5.74, 6) is -0.0516. The van der Waals surface area contributed by atoms with Crippen molar-refractivity contribution in [1.29, 1.82) is 0 Å². The molecule has 0 spiro atoms. The van der Waals surface area contributed by atoms with Gasteiger partial charge in [0.2, 0.25) is 0 Å². The van der Waals surface area contributed by atoms with E-state index < -0.39 is 46.7 Å². The van der Waals surface area contributed by atoms with E-state index in [9.17, 15) is 24.0 Å². The van der Waals surface area contributed by atoms with Crippen molar-refractivity contribution >= 4 is 15.6 Å². The normalized spacial score (nSPS) is 38.6. The van der Waals surface area contributed by atoms with Crippen LogP contribution in [0, 0.1) is 5.92 Å². The fourth-order valence-electron chi connectivity index (χ4n) is 2.76. The van der Waals surface area contributed by atoms with Crippen LogP contribution in [0.1, 0.15) is 6.92 Å². The first-order valence-electron chi connectivity index (χ1n) is 8.21. The largest absolute Gasteiger partial charge is 0.472 e. The summed E-state index contributed by atoms with van der Waals surface area (Å²) in [7, 11) is -6.32. The van der Waals surface area contributed by atoms with E-state index in [0.29, 0.717) is 6.61 Å². The van der Waals surface area contributed by atoms with Gasteiger partial charge in [-0.25, -0.2) is 9.13 Å². The maximum atomic E-state index is 12.2. The number of ether oxygens (including phenoxy) is 3. The van der Waals surface area contributed by atoms with E-state index in [2.05, 4.69) is 9.05 Å². The third kappa shape index (κ3) is 6.53. The molecule has 2 rings (SSSR count). The lowest BCUT2D eigenvalue weighted by Gasteiger charge is -2.24. The summed E-state index contributed by atoms with van der Waals surface area (Å²) >= 11 is 0. The molecule has 8 atom stereocenters. The SMILES string of the molecule is COC1COC(COP(=O)(O)OC2C(O)COC2COP(=O)(O)OC)C1C. The molecule has 8 unspecified atom stereocenters. The number of aliphatic hydroxyl groups is 1. The summed E-state index contributed by atoms with van der Waals surface area (Å²) in [6, 6.07) is 0. The van der Waals surface area contributed by atoms with Gasteiger partial charge in [-0.3, -0.25) is 18.1 Å². The molecule has 2 aliphatic heterocycles. The van der Waals surface area contributed by atoms with Gasteiger partial charge in [-0.05, 0) is 0 Å². The first kappa shape index (κ1) is 23.3. The highest BCUT2D eigenvalue weighted by Crippen LogP contribution is 2.48. The Morgan fingerprint density at radius 1 is 1.00 bits per heavy atom. The Bertz CT molecular complexity index is 573. The van der Waals surface area contributed by atoms with Crippen molar-refractivity contribution in [3.63, 3.8) is 0 Å². The Morgan fingerprint density at radius 3 is 2.19 bits per heavy atom. The summed E-state index contributed by atoms with van der Waals surface area (Å²) in [4.78, 5) is 19.2. The fourth-order valence-corrected chi connectivity index (χ4v) is 4.18. The number of hydrogen-bond acceptors (Lipinski definition) is 10. The van der Waals surface area contributed by atoms with Crippen molar-refractivity contribution in [1.82, 2.24) is 0 Å². The molecule has 3 N–H and O–H groups in total. The number of phosphoric acid groups is 2. The molecule has 0 radical (unpaired) electrons. The second-order valence-corrected chi connectivity index (χ2v) is 9.19. The molecule has 0 aromatic carbocycles. The number of rotatable bonds is 10. The highest BCUT2D eigenvalue weighted by atomic mass is 31.2. The molecule has 0 saturated carbocycles. The van der Waals surface area contributed by atoms with Gasteiger partial charge in [0, 0.05) is 20.1 Å². The van der Waals surface area contributed by atoms with Crippen LogP contribution in [0.25, 0.3) is 0 Å². The maximum Gasteiger partial charge on any atom is 0.472 e. The molecule has 14 heteroatoms. The van der Waals surface area contributed by atoms with Crippen LogP contribution >= 0.6 is 15.6 Å². The summed E-state index contributed by atoms with van der Waals surface area (Å²) in [5.41, 5.74) is 0. The van der Waals surface area contributed by atoms with E-state index in [0.717, 1.165) is 7.11 Å². The van der Waals surface area contributed by atoms with Gasteiger partial charge in [0.05, 0.1) is 38.6 Å². The standard InChI is InChI=1S/C13H26O12P2/c1-8-10(19-2)5-22-11(8)6-24-27(17,18)25-13-9(14)4-21-12(13)7-23-26(15,16)20-3/h8-14H,4-7H2,1-3H3,(H,15,16)(H,17,18). The van der Waals surface area contributed by atoms with E-state index in [4.69, 9.17) is 23.3 Å². The average Bonchev–Trinajstić information content (AvgIpc) is 3.14. The predicted octanol–water partition coefficient (Wildman–Crippen LogP) is 0.0616. The van der Waals surface area contributed by atoms with Crippen LogP contribution in [0.2, 0.25) is 0 Å². The monoisotopic (exact) mass is 436 g/mol. The summed E-state index contributed by atoms with van der Waals surface area (Å²) < 4.78 is 58.3. The van der Waals surface area contributed by atoms with Crippen LogP contribution in [-0.4, -0.2) is 86.1 Å². The Morgan fingerprint density at radius 2 is 1.59 bits per heavy atom. The second-order valence-electron chi connectivity index (χ2n) is 6.23. The van der Waals surface area contributed by atoms with Gasteiger partial charge in [0.1, 0.15) is 18.3 Å². The highest BCUT2D eigenvalue weighted by molar-refractivity contribution is 7.47. The topological polar surface area (TPSA) is 159 Å². The van der Waals surface area contributed by atoms with Crippen LogP contribution < -0.4 is 0 Å². The summed E-state index contributed by atoms with van der Waals surface area (Å²) in [6.07, 6.45) is -4.21. The molecule has 2 fully saturated rings. The molecule has 12 nitrogen and oxygen atoms in total. The number of aliphatic hydroxyl groups excluding tert-OH is 1. The van der Waals surface area contributed by atoms with Crippen LogP contribution in [0.4, 0.5) is 0 Å². The lowest BCUT2D eigenvalue weighted by molar-refractivity contribution is -0.0204. The van der Waals surface area contributed by atoms with Crippen molar-refractivity contribution < 1.29 is 56.3 Å². The van der Waals surface area contributed by atoms with E-state index in [1.807, 2.05) is 6.92 Å². The van der Waals surface area contributed by atoms with Crippen LogP contribution in [0.15, 0.2) is 0 Å². The van der Waals surface area contributed by atoms with Crippen LogP contribution in [0.3, 0.4) is 0 Å². The first-order valence-corrected chi connectivity index (χ1v) is 11.2. The number of phosphoric ester groups is 2. The van der Waals surface area contributed by atoms with Gasteiger partial charge in [0.25, 0.3) is 0 Å². The van der Waals surface area contributed by atoms with Crippen LogP contribution in [-0.2, 0) is 41.4 Å². The average molecular weight is 436 g/mol. The molecular weight excluding hydrogens is 410 g/mol. The maximum absolute atomic E-state index is 12.2. The molecule has 160 valence electrons. The van der Waals surface area contributed by atoms with Gasteiger partial charge in [-0.1, -0.05) is 6.92 Å². The molecule has 2 saturated heterocycles. The number of methoxy groups -OCH3 is 1. The minimum absolute atomic E-state index is 0.0516. The zero-order chi connectivity index (χ0) is 20.2. The molecular formula is C13H26O12P2.